The molecule has 0 aromatic heterocycles. The number of hydrogen-bond donors (Lipinski definition) is 0. The Kier molecular flexibility index (Phi) is 8.44. The second-order valence-corrected chi connectivity index (χ2v) is 13.0. The van der Waals surface area contributed by atoms with Crippen molar-refractivity contribution in [2.45, 2.75) is 11.1 Å². The maximum atomic E-state index is 13.1. The molecule has 0 N–H and O–H groups in total. The van der Waals surface area contributed by atoms with Gasteiger partial charge in [0, 0.05) is 45.0 Å². The second-order valence-electron chi connectivity index (χ2n) is 9.20. The van der Waals surface area contributed by atoms with E-state index in [1.807, 2.05) is 0 Å². The maximum Gasteiger partial charge on any atom is 0.416 e. The first-order chi connectivity index (χ1) is 18.3. The molecule has 0 bridgehead atoms. The van der Waals surface area contributed by atoms with Crippen molar-refractivity contribution in [3.05, 3.63) is 54.1 Å². The van der Waals surface area contributed by atoms with E-state index >= 15 is 0 Å². The summed E-state index contributed by atoms with van der Waals surface area (Å²) in [6, 6.07) is 10.2. The van der Waals surface area contributed by atoms with Gasteiger partial charge in [-0.2, -0.15) is 17.5 Å². The van der Waals surface area contributed by atoms with Crippen molar-refractivity contribution in [3.8, 4) is 0 Å². The lowest BCUT2D eigenvalue weighted by molar-refractivity contribution is -0.137. The summed E-state index contributed by atoms with van der Waals surface area (Å²) in [6.45, 7) is 1.46. The molecule has 10 nitrogen and oxygen atoms in total. The standard InChI is InChI=1S/C24H29F3N4O6S2/c1-38(33,34)31(20-5-7-22(8-6-20)39(35,36)30-13-15-37-16-14-30)18-23(32)29-11-9-28(10-12-29)21-4-2-3-19(17-21)24(25,26)27/h2-8,17H,9-16,18H2,1H3. The van der Waals surface area contributed by atoms with Crippen LogP contribution in [0.4, 0.5) is 24.5 Å². The summed E-state index contributed by atoms with van der Waals surface area (Å²) in [4.78, 5) is 16.2. The fraction of sp³-hybridized carbons (Fsp3) is 0.458. The molecule has 214 valence electrons. The zero-order valence-corrected chi connectivity index (χ0v) is 22.8. The third kappa shape index (κ3) is 6.83. The van der Waals surface area contributed by atoms with E-state index in [1.54, 1.807) is 11.0 Å². The van der Waals surface area contributed by atoms with Crippen LogP contribution < -0.4 is 9.21 Å². The highest BCUT2D eigenvalue weighted by molar-refractivity contribution is 7.92. The van der Waals surface area contributed by atoms with E-state index in [-0.39, 0.29) is 63.1 Å². The molecule has 0 radical (unpaired) electrons. The van der Waals surface area contributed by atoms with E-state index in [1.165, 1.54) is 39.5 Å². The van der Waals surface area contributed by atoms with Gasteiger partial charge in [-0.25, -0.2) is 16.8 Å². The highest BCUT2D eigenvalue weighted by Crippen LogP contribution is 2.32. The predicted octanol–water partition coefficient (Wildman–Crippen LogP) is 1.84. The Bertz CT molecular complexity index is 1390. The molecular weight excluding hydrogens is 561 g/mol. The number of nitrogens with zero attached hydrogens (tertiary/aromatic N) is 4. The molecule has 2 saturated heterocycles. The Labute approximate surface area is 225 Å². The minimum Gasteiger partial charge on any atom is -0.379 e. The molecule has 2 aliphatic heterocycles. The van der Waals surface area contributed by atoms with Crippen molar-refractivity contribution in [2.75, 3.05) is 74.5 Å². The van der Waals surface area contributed by atoms with Crippen molar-refractivity contribution >= 4 is 37.3 Å². The van der Waals surface area contributed by atoms with Gasteiger partial charge >= 0.3 is 6.18 Å². The van der Waals surface area contributed by atoms with E-state index in [0.29, 0.717) is 5.69 Å². The maximum absolute atomic E-state index is 13.1. The number of rotatable bonds is 7. The van der Waals surface area contributed by atoms with Crippen LogP contribution in [0.5, 0.6) is 0 Å². The molecule has 0 saturated carbocycles. The van der Waals surface area contributed by atoms with Gasteiger partial charge in [0.2, 0.25) is 26.0 Å². The molecular formula is C24H29F3N4O6S2. The van der Waals surface area contributed by atoms with Crippen LogP contribution in [-0.2, 0) is 35.8 Å². The normalized spacial score (nSPS) is 17.7. The summed E-state index contributed by atoms with van der Waals surface area (Å²) < 4.78 is 97.4. The third-order valence-corrected chi connectivity index (χ3v) is 9.64. The molecule has 2 aliphatic rings. The summed E-state index contributed by atoms with van der Waals surface area (Å²) in [7, 11) is -7.68. The number of amides is 1. The molecule has 4 rings (SSSR count). The number of hydrogen-bond acceptors (Lipinski definition) is 7. The van der Waals surface area contributed by atoms with Gasteiger partial charge in [0.1, 0.15) is 6.54 Å². The van der Waals surface area contributed by atoms with Crippen LogP contribution in [0.25, 0.3) is 0 Å². The number of piperazine rings is 1. The van der Waals surface area contributed by atoms with E-state index in [9.17, 15) is 34.8 Å². The van der Waals surface area contributed by atoms with Gasteiger partial charge in [0.05, 0.1) is 35.6 Å². The molecule has 2 aromatic carbocycles. The van der Waals surface area contributed by atoms with Crippen LogP contribution in [0.15, 0.2) is 53.4 Å². The Balaban J connectivity index is 1.42. The van der Waals surface area contributed by atoms with E-state index < -0.39 is 44.2 Å². The lowest BCUT2D eigenvalue weighted by atomic mass is 10.1. The number of carbonyl (C=O) groups excluding carboxylic acids is 1. The number of anilines is 2. The average molecular weight is 591 g/mol. The first-order valence-corrected chi connectivity index (χ1v) is 15.4. The number of halogens is 3. The van der Waals surface area contributed by atoms with Gasteiger partial charge in [-0.1, -0.05) is 6.07 Å². The van der Waals surface area contributed by atoms with Crippen LogP contribution in [0.1, 0.15) is 5.56 Å². The van der Waals surface area contributed by atoms with Gasteiger partial charge in [-0.15, -0.1) is 0 Å². The first-order valence-electron chi connectivity index (χ1n) is 12.1. The molecule has 39 heavy (non-hydrogen) atoms. The Hall–Kier alpha value is -2.88. The summed E-state index contributed by atoms with van der Waals surface area (Å²) in [5, 5.41) is 0. The number of alkyl halides is 3. The van der Waals surface area contributed by atoms with Crippen LogP contribution in [0.3, 0.4) is 0 Å². The lowest BCUT2D eigenvalue weighted by Crippen LogP contribution is -2.52. The van der Waals surface area contributed by atoms with Crippen LogP contribution in [-0.4, -0.2) is 97.2 Å². The number of carbonyl (C=O) groups is 1. The van der Waals surface area contributed by atoms with Crippen LogP contribution in [0, 0.1) is 0 Å². The van der Waals surface area contributed by atoms with Crippen LogP contribution >= 0.6 is 0 Å². The lowest BCUT2D eigenvalue weighted by Gasteiger charge is -2.37. The monoisotopic (exact) mass is 590 g/mol. The topological polar surface area (TPSA) is 108 Å². The Morgan fingerprint density at radius 2 is 1.54 bits per heavy atom. The van der Waals surface area contributed by atoms with Gasteiger partial charge in [0.15, 0.2) is 0 Å². The minimum atomic E-state index is -4.46. The second kappa shape index (κ2) is 11.3. The quantitative estimate of drug-likeness (QED) is 0.485. The molecule has 0 aliphatic carbocycles. The molecule has 1 amide bonds. The third-order valence-electron chi connectivity index (χ3n) is 6.58. The largest absolute Gasteiger partial charge is 0.416 e. The Morgan fingerprint density at radius 1 is 0.923 bits per heavy atom. The zero-order valence-electron chi connectivity index (χ0n) is 21.2. The SMILES string of the molecule is CS(=O)(=O)N(CC(=O)N1CCN(c2cccc(C(F)(F)F)c2)CC1)c1ccc(S(=O)(=O)N2CCOCC2)cc1. The van der Waals surface area contributed by atoms with Gasteiger partial charge in [0.25, 0.3) is 0 Å². The van der Waals surface area contributed by atoms with E-state index in [0.717, 1.165) is 22.7 Å². The highest BCUT2D eigenvalue weighted by atomic mass is 32.2. The molecule has 0 spiro atoms. The fourth-order valence-electron chi connectivity index (χ4n) is 4.44. The summed E-state index contributed by atoms with van der Waals surface area (Å²) in [6.07, 6.45) is -3.52. The van der Waals surface area contributed by atoms with E-state index in [2.05, 4.69) is 0 Å². The minimum absolute atomic E-state index is 0.00126. The van der Waals surface area contributed by atoms with Crippen molar-refractivity contribution < 1.29 is 39.5 Å². The molecule has 15 heteroatoms. The highest BCUT2D eigenvalue weighted by Gasteiger charge is 2.32. The molecule has 2 fully saturated rings. The number of sulfonamides is 2. The summed E-state index contributed by atoms with van der Waals surface area (Å²) >= 11 is 0. The summed E-state index contributed by atoms with van der Waals surface area (Å²) in [5.74, 6) is -0.478. The smallest absolute Gasteiger partial charge is 0.379 e. The van der Waals surface area contributed by atoms with Crippen molar-refractivity contribution in [2.24, 2.45) is 0 Å². The molecule has 2 aromatic rings. The molecule has 2 heterocycles. The summed E-state index contributed by atoms with van der Waals surface area (Å²) in [5.41, 5.74) is -0.234. The molecule has 0 atom stereocenters. The predicted molar refractivity (Wildman–Crippen MR) is 138 cm³/mol. The van der Waals surface area contributed by atoms with Crippen molar-refractivity contribution in [1.82, 2.24) is 9.21 Å². The van der Waals surface area contributed by atoms with Crippen molar-refractivity contribution in [3.63, 3.8) is 0 Å². The first kappa shape index (κ1) is 29.1. The number of morpholine rings is 1. The number of benzene rings is 2. The number of ether oxygens (including phenoxy) is 1. The van der Waals surface area contributed by atoms with Crippen molar-refractivity contribution in [1.29, 1.82) is 0 Å². The van der Waals surface area contributed by atoms with E-state index in [4.69, 9.17) is 4.74 Å². The van der Waals surface area contributed by atoms with Gasteiger partial charge in [-0.05, 0) is 42.5 Å². The zero-order chi connectivity index (χ0) is 28.4. The van der Waals surface area contributed by atoms with Gasteiger partial charge in [-0.3, -0.25) is 9.10 Å². The van der Waals surface area contributed by atoms with Crippen LogP contribution in [0.2, 0.25) is 0 Å². The molecule has 0 unspecified atom stereocenters. The average Bonchev–Trinajstić information content (AvgIpc) is 2.91. The fourth-order valence-corrected chi connectivity index (χ4v) is 6.69. The Morgan fingerprint density at radius 3 is 2.10 bits per heavy atom. The van der Waals surface area contributed by atoms with Gasteiger partial charge < -0.3 is 14.5 Å².